The second-order valence-electron chi connectivity index (χ2n) is 19.6. The summed E-state index contributed by atoms with van der Waals surface area (Å²) in [7, 11) is 0. The van der Waals surface area contributed by atoms with Gasteiger partial charge in [0.1, 0.15) is 13.2 Å². The van der Waals surface area contributed by atoms with Gasteiger partial charge in [-0.05, 0) is 31.1 Å². The molecule has 0 aromatic heterocycles. The number of unbranched alkanes of at least 4 members (excludes halogenated alkanes) is 33. The number of hydrogen-bond acceptors (Lipinski definition) is 6. The molecule has 0 aromatic rings. The first-order valence-corrected chi connectivity index (χ1v) is 27.3. The second-order valence-corrected chi connectivity index (χ2v) is 19.6. The van der Waals surface area contributed by atoms with Crippen molar-refractivity contribution in [3.05, 3.63) is 0 Å². The first-order chi connectivity index (χ1) is 29.8. The fourth-order valence-electron chi connectivity index (χ4n) is 8.31. The van der Waals surface area contributed by atoms with Crippen LogP contribution in [0.25, 0.3) is 0 Å². The largest absolute Gasteiger partial charge is 0.462 e. The Morgan fingerprint density at radius 3 is 0.934 bits per heavy atom. The predicted molar refractivity (Wildman–Crippen MR) is 261 cm³/mol. The van der Waals surface area contributed by atoms with Crippen LogP contribution in [0.5, 0.6) is 0 Å². The SMILES string of the molecule is CCCCCCCCCCCCCCCCCCCCCC(=O)OC[C@@H](COC(=O)CCCCCCCCC(C)CC)OC(=O)CCCCCCCCCCCCCC(C)C. The van der Waals surface area contributed by atoms with Gasteiger partial charge in [0.15, 0.2) is 6.10 Å². The fraction of sp³-hybridized carbons (Fsp3) is 0.945. The van der Waals surface area contributed by atoms with E-state index in [0.29, 0.717) is 19.3 Å². The summed E-state index contributed by atoms with van der Waals surface area (Å²) in [5.74, 6) is 0.790. The number of carbonyl (C=O) groups is 3. The molecule has 6 nitrogen and oxygen atoms in total. The Bertz CT molecular complexity index is 933. The lowest BCUT2D eigenvalue weighted by molar-refractivity contribution is -0.167. The first kappa shape index (κ1) is 59.4. The van der Waals surface area contributed by atoms with Crippen LogP contribution < -0.4 is 0 Å². The Labute approximate surface area is 380 Å². The Kier molecular flexibility index (Phi) is 46.6. The predicted octanol–water partition coefficient (Wildman–Crippen LogP) is 17.7. The van der Waals surface area contributed by atoms with Gasteiger partial charge >= 0.3 is 17.9 Å². The summed E-state index contributed by atoms with van der Waals surface area (Å²) in [6.07, 6.45) is 49.6. The van der Waals surface area contributed by atoms with Gasteiger partial charge in [0.05, 0.1) is 0 Å². The molecule has 0 fully saturated rings. The minimum absolute atomic E-state index is 0.0641. The van der Waals surface area contributed by atoms with Crippen molar-refractivity contribution in [3.63, 3.8) is 0 Å². The van der Waals surface area contributed by atoms with E-state index in [-0.39, 0.29) is 31.1 Å². The monoisotopic (exact) mass is 863 g/mol. The van der Waals surface area contributed by atoms with Gasteiger partial charge in [-0.2, -0.15) is 0 Å². The van der Waals surface area contributed by atoms with Crippen LogP contribution in [-0.2, 0) is 28.6 Å². The normalized spacial score (nSPS) is 12.5. The van der Waals surface area contributed by atoms with Crippen molar-refractivity contribution in [1.29, 1.82) is 0 Å². The van der Waals surface area contributed by atoms with Gasteiger partial charge in [0, 0.05) is 19.3 Å². The molecule has 0 radical (unpaired) electrons. The van der Waals surface area contributed by atoms with Crippen molar-refractivity contribution in [2.24, 2.45) is 11.8 Å². The third-order valence-electron chi connectivity index (χ3n) is 12.8. The lowest BCUT2D eigenvalue weighted by Gasteiger charge is -2.18. The molecule has 0 aliphatic rings. The van der Waals surface area contributed by atoms with Crippen molar-refractivity contribution < 1.29 is 28.6 Å². The maximum absolute atomic E-state index is 12.8. The second kappa shape index (κ2) is 47.9. The van der Waals surface area contributed by atoms with Gasteiger partial charge in [-0.1, -0.05) is 266 Å². The highest BCUT2D eigenvalue weighted by Crippen LogP contribution is 2.18. The molecular weight excluding hydrogens is 757 g/mol. The molecule has 362 valence electrons. The summed E-state index contributed by atoms with van der Waals surface area (Å²) < 4.78 is 16.8. The highest BCUT2D eigenvalue weighted by Gasteiger charge is 2.19. The van der Waals surface area contributed by atoms with E-state index in [0.717, 1.165) is 69.6 Å². The van der Waals surface area contributed by atoms with Crippen molar-refractivity contribution >= 4 is 17.9 Å². The third kappa shape index (κ3) is 47.7. The molecule has 0 saturated carbocycles. The van der Waals surface area contributed by atoms with Crippen LogP contribution in [0.3, 0.4) is 0 Å². The van der Waals surface area contributed by atoms with Crippen LogP contribution in [-0.4, -0.2) is 37.2 Å². The van der Waals surface area contributed by atoms with E-state index >= 15 is 0 Å². The van der Waals surface area contributed by atoms with Gasteiger partial charge < -0.3 is 14.2 Å². The Hall–Kier alpha value is -1.59. The van der Waals surface area contributed by atoms with Crippen LogP contribution in [0.2, 0.25) is 0 Å². The minimum atomic E-state index is -0.763. The van der Waals surface area contributed by atoms with E-state index in [4.69, 9.17) is 14.2 Å². The summed E-state index contributed by atoms with van der Waals surface area (Å²) in [6, 6.07) is 0. The lowest BCUT2D eigenvalue weighted by Crippen LogP contribution is -2.30. The van der Waals surface area contributed by atoms with E-state index in [1.807, 2.05) is 0 Å². The maximum Gasteiger partial charge on any atom is 0.306 e. The molecule has 0 heterocycles. The molecule has 2 atom stereocenters. The molecule has 0 aliphatic carbocycles. The molecule has 0 aliphatic heterocycles. The number of rotatable bonds is 49. The highest BCUT2D eigenvalue weighted by molar-refractivity contribution is 5.71. The molecule has 0 amide bonds. The van der Waals surface area contributed by atoms with Crippen LogP contribution in [0.1, 0.15) is 304 Å². The van der Waals surface area contributed by atoms with Crippen LogP contribution in [0.4, 0.5) is 0 Å². The molecule has 0 spiro atoms. The zero-order chi connectivity index (χ0) is 44.7. The van der Waals surface area contributed by atoms with Crippen molar-refractivity contribution in [1.82, 2.24) is 0 Å². The third-order valence-corrected chi connectivity index (χ3v) is 12.8. The van der Waals surface area contributed by atoms with Gasteiger partial charge in [-0.25, -0.2) is 0 Å². The smallest absolute Gasteiger partial charge is 0.306 e. The Morgan fingerprint density at radius 2 is 0.623 bits per heavy atom. The van der Waals surface area contributed by atoms with Crippen molar-refractivity contribution in [2.75, 3.05) is 13.2 Å². The van der Waals surface area contributed by atoms with Gasteiger partial charge in [0.25, 0.3) is 0 Å². The molecule has 1 unspecified atom stereocenters. The number of ether oxygens (including phenoxy) is 3. The first-order valence-electron chi connectivity index (χ1n) is 27.3. The van der Waals surface area contributed by atoms with E-state index in [1.165, 1.54) is 193 Å². The lowest BCUT2D eigenvalue weighted by atomic mass is 10.00. The average Bonchev–Trinajstić information content (AvgIpc) is 3.24. The van der Waals surface area contributed by atoms with Gasteiger partial charge in [-0.3, -0.25) is 14.4 Å². The standard InChI is InChI=1S/C55H106O6/c1-6-8-9-10-11-12-13-14-15-16-17-18-19-20-23-26-29-35-40-45-53(56)59-48-52(49-60-54(57)46-41-36-32-31-34-39-44-51(5)7-2)61-55(58)47-42-37-30-27-24-21-22-25-28-33-38-43-50(3)4/h50-52H,6-49H2,1-5H3/t51?,52-/m0/s1. The summed E-state index contributed by atoms with van der Waals surface area (Å²) >= 11 is 0. The Balaban J connectivity index is 4.25. The molecule has 61 heavy (non-hydrogen) atoms. The number of esters is 3. The van der Waals surface area contributed by atoms with Crippen LogP contribution >= 0.6 is 0 Å². The highest BCUT2D eigenvalue weighted by atomic mass is 16.6. The number of carbonyl (C=O) groups excluding carboxylic acids is 3. The molecule has 0 aromatic carbocycles. The molecule has 0 rings (SSSR count). The van der Waals surface area contributed by atoms with Gasteiger partial charge in [0.2, 0.25) is 0 Å². The summed E-state index contributed by atoms with van der Waals surface area (Å²) in [5.41, 5.74) is 0. The van der Waals surface area contributed by atoms with E-state index in [1.54, 1.807) is 0 Å². The van der Waals surface area contributed by atoms with E-state index < -0.39 is 6.10 Å². The van der Waals surface area contributed by atoms with Crippen molar-refractivity contribution in [2.45, 2.75) is 310 Å². The van der Waals surface area contributed by atoms with Crippen LogP contribution in [0.15, 0.2) is 0 Å². The quantitative estimate of drug-likeness (QED) is 0.0344. The molecule has 6 heteroatoms. The molecule has 0 bridgehead atoms. The van der Waals surface area contributed by atoms with E-state index in [9.17, 15) is 14.4 Å². The Morgan fingerprint density at radius 1 is 0.344 bits per heavy atom. The van der Waals surface area contributed by atoms with Gasteiger partial charge in [-0.15, -0.1) is 0 Å². The molecule has 0 saturated heterocycles. The molecular formula is C55H106O6. The minimum Gasteiger partial charge on any atom is -0.462 e. The zero-order valence-corrected chi connectivity index (χ0v) is 41.8. The van der Waals surface area contributed by atoms with Crippen molar-refractivity contribution in [3.8, 4) is 0 Å². The van der Waals surface area contributed by atoms with E-state index in [2.05, 4.69) is 34.6 Å². The topological polar surface area (TPSA) is 78.9 Å². The maximum atomic E-state index is 12.8. The summed E-state index contributed by atoms with van der Waals surface area (Å²) in [5, 5.41) is 0. The summed E-state index contributed by atoms with van der Waals surface area (Å²) in [6.45, 7) is 11.4. The average molecular weight is 863 g/mol. The fourth-order valence-corrected chi connectivity index (χ4v) is 8.31. The number of hydrogen-bond donors (Lipinski definition) is 0. The van der Waals surface area contributed by atoms with Crippen LogP contribution in [0, 0.1) is 11.8 Å². The zero-order valence-electron chi connectivity index (χ0n) is 41.8. The summed E-state index contributed by atoms with van der Waals surface area (Å²) in [4.78, 5) is 38.0. The molecule has 0 N–H and O–H groups in total.